The topological polar surface area (TPSA) is 3.24 Å². The van der Waals surface area contributed by atoms with Gasteiger partial charge < -0.3 is 4.90 Å². The lowest BCUT2D eigenvalue weighted by atomic mass is 9.77. The highest BCUT2D eigenvalue weighted by Crippen LogP contribution is 2.48. The molecule has 0 spiro atoms. The van der Waals surface area contributed by atoms with E-state index in [1.165, 1.54) is 32.1 Å². The number of hydrogen-bond donors (Lipinski definition) is 0. The van der Waals surface area contributed by atoms with Gasteiger partial charge in [-0.25, -0.2) is 0 Å². The largest absolute Gasteiger partial charge is 0.368 e. The summed E-state index contributed by atoms with van der Waals surface area (Å²) in [5, 5.41) is 0. The Morgan fingerprint density at radius 1 is 1.38 bits per heavy atom. The minimum absolute atomic E-state index is 0.808. The van der Waals surface area contributed by atoms with Crippen molar-refractivity contribution in [1.29, 1.82) is 0 Å². The van der Waals surface area contributed by atoms with Gasteiger partial charge in [0.05, 0.1) is 0 Å². The summed E-state index contributed by atoms with van der Waals surface area (Å²) in [7, 11) is 0. The molecule has 0 aromatic heterocycles. The van der Waals surface area contributed by atoms with Gasteiger partial charge in [0.2, 0.25) is 0 Å². The molecule has 16 heavy (non-hydrogen) atoms. The van der Waals surface area contributed by atoms with Crippen LogP contribution in [0.15, 0.2) is 36.6 Å². The summed E-state index contributed by atoms with van der Waals surface area (Å²) in [5.74, 6) is 1.74. The van der Waals surface area contributed by atoms with Crippen molar-refractivity contribution in [3.05, 3.63) is 36.6 Å². The molecule has 1 aliphatic heterocycles. The number of allylic oxidation sites excluding steroid dienone is 4. The van der Waals surface area contributed by atoms with E-state index < -0.39 is 0 Å². The molecule has 2 fully saturated rings. The highest BCUT2D eigenvalue weighted by atomic mass is 15.2. The summed E-state index contributed by atoms with van der Waals surface area (Å²) in [6.45, 7) is 4.95. The molecular weight excluding hydrogens is 194 g/mol. The van der Waals surface area contributed by atoms with Crippen molar-refractivity contribution in [2.24, 2.45) is 11.8 Å². The molecule has 1 saturated heterocycles. The molecular formula is C15H21N. The molecule has 2 aliphatic carbocycles. The molecule has 0 aromatic rings. The average molecular weight is 215 g/mol. The summed E-state index contributed by atoms with van der Waals surface area (Å²) in [6, 6.07) is 0.808. The predicted octanol–water partition coefficient (Wildman–Crippen LogP) is 3.51. The van der Waals surface area contributed by atoms with E-state index in [0.717, 1.165) is 24.4 Å². The van der Waals surface area contributed by atoms with Crippen LogP contribution in [0.1, 0.15) is 32.1 Å². The number of likely N-dealkylation sites (tertiary alicyclic amines) is 1. The first-order chi connectivity index (χ1) is 7.92. The fourth-order valence-electron chi connectivity index (χ4n) is 3.91. The number of hydrogen-bond acceptors (Lipinski definition) is 1. The minimum atomic E-state index is 0.808. The van der Waals surface area contributed by atoms with Crippen LogP contribution in [0, 0.1) is 11.8 Å². The van der Waals surface area contributed by atoms with Gasteiger partial charge in [-0.2, -0.15) is 0 Å². The van der Waals surface area contributed by atoms with Crippen molar-refractivity contribution >= 4 is 0 Å². The van der Waals surface area contributed by atoms with Gasteiger partial charge in [0.1, 0.15) is 0 Å². The van der Waals surface area contributed by atoms with Crippen LogP contribution in [0.3, 0.4) is 0 Å². The Balaban J connectivity index is 1.92. The molecule has 3 atom stereocenters. The molecule has 0 radical (unpaired) electrons. The standard InChI is InChI=1S/C15H21N/c1-2-11-16-14-9-5-3-7-12(14)13-8-4-6-10-15(13)16/h2-3,5,9,12-13,15H,1,4,6-8,10-11H2. The van der Waals surface area contributed by atoms with E-state index in [0.29, 0.717) is 0 Å². The summed E-state index contributed by atoms with van der Waals surface area (Å²) in [5.41, 5.74) is 1.60. The molecule has 0 N–H and O–H groups in total. The molecule has 3 unspecified atom stereocenters. The van der Waals surface area contributed by atoms with Gasteiger partial charge in [-0.15, -0.1) is 6.58 Å². The normalized spacial score (nSPS) is 36.6. The maximum Gasteiger partial charge on any atom is 0.0357 e. The molecule has 1 nitrogen and oxygen atoms in total. The van der Waals surface area contributed by atoms with Crippen LogP contribution in [-0.2, 0) is 0 Å². The van der Waals surface area contributed by atoms with Crippen LogP contribution >= 0.6 is 0 Å². The Labute approximate surface area is 98.5 Å². The third-order valence-electron chi connectivity index (χ3n) is 4.53. The zero-order valence-corrected chi connectivity index (χ0v) is 9.94. The van der Waals surface area contributed by atoms with Gasteiger partial charge >= 0.3 is 0 Å². The summed E-state index contributed by atoms with van der Waals surface area (Å²) < 4.78 is 0. The zero-order chi connectivity index (χ0) is 11.0. The molecule has 1 saturated carbocycles. The van der Waals surface area contributed by atoms with Gasteiger partial charge in [0.25, 0.3) is 0 Å². The SMILES string of the molecule is C=CCN1C2=CC=CCC2C2CCCCC21. The Morgan fingerprint density at radius 3 is 3.12 bits per heavy atom. The maximum absolute atomic E-state index is 3.91. The number of nitrogens with zero attached hydrogens (tertiary/aromatic N) is 1. The predicted molar refractivity (Wildman–Crippen MR) is 68.0 cm³/mol. The highest BCUT2D eigenvalue weighted by Gasteiger charge is 2.44. The van der Waals surface area contributed by atoms with Crippen molar-refractivity contribution in [1.82, 2.24) is 4.90 Å². The van der Waals surface area contributed by atoms with Crippen LogP contribution in [0.25, 0.3) is 0 Å². The first-order valence-corrected chi connectivity index (χ1v) is 6.66. The van der Waals surface area contributed by atoms with E-state index in [1.807, 2.05) is 0 Å². The van der Waals surface area contributed by atoms with Crippen molar-refractivity contribution < 1.29 is 0 Å². The van der Waals surface area contributed by atoms with E-state index in [9.17, 15) is 0 Å². The Morgan fingerprint density at radius 2 is 2.25 bits per heavy atom. The van der Waals surface area contributed by atoms with Gasteiger partial charge in [-0.3, -0.25) is 0 Å². The Bertz CT molecular complexity index is 339. The van der Waals surface area contributed by atoms with Crippen LogP contribution in [-0.4, -0.2) is 17.5 Å². The third kappa shape index (κ3) is 1.45. The van der Waals surface area contributed by atoms with Crippen molar-refractivity contribution in [2.75, 3.05) is 6.54 Å². The molecule has 0 aromatic carbocycles. The fourth-order valence-corrected chi connectivity index (χ4v) is 3.91. The molecule has 3 aliphatic rings. The fraction of sp³-hybridized carbons (Fsp3) is 0.600. The molecule has 86 valence electrons. The Hall–Kier alpha value is -0.980. The van der Waals surface area contributed by atoms with Gasteiger partial charge in [0.15, 0.2) is 0 Å². The maximum atomic E-state index is 3.91. The average Bonchev–Trinajstić information content (AvgIpc) is 2.66. The molecule has 0 bridgehead atoms. The lowest BCUT2D eigenvalue weighted by Gasteiger charge is -2.32. The second-order valence-electron chi connectivity index (χ2n) is 5.32. The lowest BCUT2D eigenvalue weighted by molar-refractivity contribution is 0.201. The van der Waals surface area contributed by atoms with Crippen molar-refractivity contribution in [2.45, 2.75) is 38.1 Å². The third-order valence-corrected chi connectivity index (χ3v) is 4.53. The first kappa shape index (κ1) is 10.2. The quantitative estimate of drug-likeness (QED) is 0.637. The second kappa shape index (κ2) is 4.12. The zero-order valence-electron chi connectivity index (χ0n) is 9.94. The second-order valence-corrected chi connectivity index (χ2v) is 5.32. The monoisotopic (exact) mass is 215 g/mol. The van der Waals surface area contributed by atoms with E-state index in [2.05, 4.69) is 35.8 Å². The van der Waals surface area contributed by atoms with Crippen LogP contribution < -0.4 is 0 Å². The summed E-state index contributed by atoms with van der Waals surface area (Å²) in [4.78, 5) is 2.63. The van der Waals surface area contributed by atoms with E-state index >= 15 is 0 Å². The van der Waals surface area contributed by atoms with Crippen LogP contribution in [0.4, 0.5) is 0 Å². The van der Waals surface area contributed by atoms with Gasteiger partial charge in [0, 0.05) is 24.2 Å². The molecule has 1 heteroatoms. The molecule has 0 amide bonds. The van der Waals surface area contributed by atoms with E-state index in [1.54, 1.807) is 5.70 Å². The molecule has 1 heterocycles. The van der Waals surface area contributed by atoms with E-state index in [4.69, 9.17) is 0 Å². The smallest absolute Gasteiger partial charge is 0.0357 e. The van der Waals surface area contributed by atoms with Crippen molar-refractivity contribution in [3.63, 3.8) is 0 Å². The lowest BCUT2D eigenvalue weighted by Crippen LogP contribution is -2.34. The number of rotatable bonds is 2. The number of fused-ring (bicyclic) bond motifs is 3. The first-order valence-electron chi connectivity index (χ1n) is 6.66. The highest BCUT2D eigenvalue weighted by molar-refractivity contribution is 5.27. The molecule has 3 rings (SSSR count). The minimum Gasteiger partial charge on any atom is -0.368 e. The van der Waals surface area contributed by atoms with Crippen molar-refractivity contribution in [3.8, 4) is 0 Å². The van der Waals surface area contributed by atoms with Crippen LogP contribution in [0.5, 0.6) is 0 Å². The van der Waals surface area contributed by atoms with E-state index in [-0.39, 0.29) is 0 Å². The van der Waals surface area contributed by atoms with Gasteiger partial charge in [-0.05, 0) is 31.3 Å². The Kier molecular flexibility index (Phi) is 2.62. The summed E-state index contributed by atoms with van der Waals surface area (Å²) >= 11 is 0. The summed E-state index contributed by atoms with van der Waals surface area (Å²) in [6.07, 6.45) is 15.9. The van der Waals surface area contributed by atoms with Crippen LogP contribution in [0.2, 0.25) is 0 Å². The van der Waals surface area contributed by atoms with Gasteiger partial charge in [-0.1, -0.05) is 31.1 Å².